The molecule has 0 unspecified atom stereocenters. The van der Waals surface area contributed by atoms with Crippen LogP contribution in [-0.2, 0) is 56.8 Å². The van der Waals surface area contributed by atoms with E-state index in [2.05, 4.69) is 132 Å². The molecule has 2 fully saturated rings. The minimum Gasteiger partial charge on any atom is -0.382 e. The Morgan fingerprint density at radius 3 is 1.02 bits per heavy atom. The molecule has 19 nitrogen and oxygen atoms in total. The summed E-state index contributed by atoms with van der Waals surface area (Å²) >= 11 is 0. The first-order valence-electron chi connectivity index (χ1n) is 32.9. The van der Waals surface area contributed by atoms with Crippen LogP contribution < -0.4 is 5.32 Å². The number of hydrogen-bond acceptors (Lipinski definition) is 19. The first-order chi connectivity index (χ1) is 40.3. The van der Waals surface area contributed by atoms with Crippen LogP contribution in [0.25, 0.3) is 0 Å². The van der Waals surface area contributed by atoms with Gasteiger partial charge in [-0.25, -0.2) is 0 Å². The molecule has 0 saturated carbocycles. The smallest absolute Gasteiger partial charge is 0.0700 e. The number of likely N-dealkylation sites (N-methyl/N-ethyl adjacent to an activating group) is 1. The summed E-state index contributed by atoms with van der Waals surface area (Å²) in [5, 5.41) is 3.32. The zero-order valence-electron chi connectivity index (χ0n) is 59.2. The van der Waals surface area contributed by atoms with Gasteiger partial charge in [-0.3, -0.25) is 14.7 Å². The van der Waals surface area contributed by atoms with Gasteiger partial charge in [0.05, 0.1) is 119 Å². The molecule has 512 valence electrons. The number of nitrogens with one attached hydrogen (secondary N) is 1. The summed E-state index contributed by atoms with van der Waals surface area (Å²) in [5.41, 5.74) is 0.339. The summed E-state index contributed by atoms with van der Waals surface area (Å²) in [7, 11) is 10.2. The number of piperazine rings is 1. The van der Waals surface area contributed by atoms with E-state index in [0.29, 0.717) is 84.8 Å². The number of hydrogen-bond donors (Lipinski definition) is 1. The number of likely N-dealkylation sites (tertiary alicyclic amines) is 1. The lowest BCUT2D eigenvalue weighted by Gasteiger charge is -2.45. The van der Waals surface area contributed by atoms with Gasteiger partial charge in [0.2, 0.25) is 0 Å². The number of ether oxygens (including phenoxy) is 12. The molecule has 0 aliphatic carbocycles. The van der Waals surface area contributed by atoms with Crippen molar-refractivity contribution in [3.05, 3.63) is 0 Å². The van der Waals surface area contributed by atoms with Gasteiger partial charge in [-0.1, -0.05) is 40.5 Å². The van der Waals surface area contributed by atoms with Crippen LogP contribution >= 0.6 is 0 Å². The third-order valence-electron chi connectivity index (χ3n) is 13.7. The van der Waals surface area contributed by atoms with Crippen LogP contribution in [0, 0.1) is 0 Å². The van der Waals surface area contributed by atoms with Crippen molar-refractivity contribution in [3.8, 4) is 0 Å². The Kier molecular flexibility index (Phi) is 72.8. The largest absolute Gasteiger partial charge is 0.382 e. The zero-order chi connectivity index (χ0) is 63.8. The first kappa shape index (κ1) is 89.7. The highest BCUT2D eigenvalue weighted by atomic mass is 16.5. The Labute approximate surface area is 521 Å². The molecular formula is C65H145N7O12. The van der Waals surface area contributed by atoms with Crippen LogP contribution in [0.5, 0.6) is 0 Å². The van der Waals surface area contributed by atoms with Gasteiger partial charge in [0.15, 0.2) is 0 Å². The molecular weight excluding hydrogens is 1070 g/mol. The van der Waals surface area contributed by atoms with Crippen molar-refractivity contribution in [3.63, 3.8) is 0 Å². The number of nitrogens with zero attached hydrogens (tertiary/aromatic N) is 6. The Hall–Kier alpha value is -0.760. The molecule has 2 aliphatic heterocycles. The van der Waals surface area contributed by atoms with E-state index in [9.17, 15) is 0 Å². The highest BCUT2D eigenvalue weighted by Crippen LogP contribution is 2.24. The van der Waals surface area contributed by atoms with Crippen LogP contribution in [-0.4, -0.2) is 319 Å². The molecule has 1 N–H and O–H groups in total. The molecule has 2 saturated heterocycles. The lowest BCUT2D eigenvalue weighted by molar-refractivity contribution is -0.00343. The van der Waals surface area contributed by atoms with Gasteiger partial charge >= 0.3 is 0 Å². The maximum absolute atomic E-state index is 5.53. The predicted molar refractivity (Wildman–Crippen MR) is 353 cm³/mol. The van der Waals surface area contributed by atoms with Crippen molar-refractivity contribution < 1.29 is 56.8 Å². The topological polar surface area (TPSA) is 142 Å². The third kappa shape index (κ3) is 65.7. The van der Waals surface area contributed by atoms with E-state index in [1.807, 2.05) is 0 Å². The van der Waals surface area contributed by atoms with E-state index in [1.54, 1.807) is 42.7 Å². The molecule has 19 heteroatoms. The average Bonchev–Trinajstić information content (AvgIpc) is 4.14. The molecule has 0 aromatic carbocycles. The van der Waals surface area contributed by atoms with E-state index in [1.165, 1.54) is 77.7 Å². The molecule has 2 rings (SSSR count). The molecule has 0 amide bonds. The molecule has 2 aliphatic rings. The fraction of sp³-hybridized carbons (Fsp3) is 1.00. The highest BCUT2D eigenvalue weighted by molar-refractivity contribution is 4.86. The van der Waals surface area contributed by atoms with Crippen LogP contribution in [0.4, 0.5) is 0 Å². The van der Waals surface area contributed by atoms with Gasteiger partial charge in [0, 0.05) is 131 Å². The van der Waals surface area contributed by atoms with Crippen molar-refractivity contribution in [1.29, 1.82) is 0 Å². The summed E-state index contributed by atoms with van der Waals surface area (Å²) in [6.07, 6.45) is 9.06. The predicted octanol–water partition coefficient (Wildman–Crippen LogP) is 8.55. The second-order valence-electron chi connectivity index (χ2n) is 23.7. The second kappa shape index (κ2) is 68.2. The minimum absolute atomic E-state index is 0.170. The Bertz CT molecular complexity index is 1170. The van der Waals surface area contributed by atoms with E-state index >= 15 is 0 Å². The van der Waals surface area contributed by atoms with Crippen molar-refractivity contribution in [2.75, 3.05) is 266 Å². The van der Waals surface area contributed by atoms with E-state index in [0.717, 1.165) is 118 Å². The third-order valence-corrected chi connectivity index (χ3v) is 13.7. The van der Waals surface area contributed by atoms with E-state index in [4.69, 9.17) is 56.8 Å². The lowest BCUT2D eigenvalue weighted by atomic mass is 9.96. The summed E-state index contributed by atoms with van der Waals surface area (Å²) < 4.78 is 62.0. The first-order valence-corrected chi connectivity index (χ1v) is 32.9. The fourth-order valence-corrected chi connectivity index (χ4v) is 9.14. The molecule has 0 radical (unpaired) electrons. The molecule has 0 atom stereocenters. The zero-order valence-corrected chi connectivity index (χ0v) is 59.2. The Morgan fingerprint density at radius 2 is 0.702 bits per heavy atom. The van der Waals surface area contributed by atoms with Gasteiger partial charge in [0.1, 0.15) is 0 Å². The molecule has 0 aromatic rings. The Morgan fingerprint density at radius 1 is 0.369 bits per heavy atom. The fourth-order valence-electron chi connectivity index (χ4n) is 9.14. The lowest BCUT2D eigenvalue weighted by Crippen LogP contribution is -2.53. The molecule has 2 heterocycles. The SMILES string of the molecule is CCCCN(CCCC)CCOCCOC.CCCN(CC)CCOCCOC.COCCOCCN(C(C)(C)C)C(C)(C)C.COCCOCCN(C(C)C)C(C)C.COCCOCCN1CCCC1.COCCOCCN1CCNCC1. The second-order valence-corrected chi connectivity index (χ2v) is 23.7. The van der Waals surface area contributed by atoms with Gasteiger partial charge in [-0.15, -0.1) is 0 Å². The van der Waals surface area contributed by atoms with Crippen molar-refractivity contribution in [2.45, 2.75) is 165 Å². The number of unbranched alkanes of at least 4 members (excludes halogenated alkanes) is 2. The summed E-state index contributed by atoms with van der Waals surface area (Å²) in [4.78, 5) is 14.7. The van der Waals surface area contributed by atoms with Crippen LogP contribution in [0.15, 0.2) is 0 Å². The van der Waals surface area contributed by atoms with E-state index < -0.39 is 0 Å². The normalized spacial score (nSPS) is 14.1. The van der Waals surface area contributed by atoms with Gasteiger partial charge in [-0.05, 0) is 141 Å². The maximum atomic E-state index is 5.53. The summed E-state index contributed by atoms with van der Waals surface area (Å²) in [6, 6.07) is 1.17. The molecule has 84 heavy (non-hydrogen) atoms. The summed E-state index contributed by atoms with van der Waals surface area (Å²) in [5.74, 6) is 0. The van der Waals surface area contributed by atoms with Gasteiger partial charge < -0.3 is 76.9 Å². The van der Waals surface area contributed by atoms with Crippen molar-refractivity contribution in [2.24, 2.45) is 0 Å². The van der Waals surface area contributed by atoms with E-state index in [-0.39, 0.29) is 11.1 Å². The van der Waals surface area contributed by atoms with Crippen LogP contribution in [0.1, 0.15) is 142 Å². The standard InChI is InChI=1S/2C13H29NO2.C11H25NO2.C10H23NO2.C9H20N2O2.C9H19NO2/c1-12(2,3)14(13(4,5)6)8-9-16-11-10-15-7;1-4-6-8-14(9-7-5-2)10-11-16-13-12-15-3;1-10(2)12(11(3)4)6-7-14-9-8-13-5;1-4-6-11(5-2)7-8-13-10-9-12-3;1-12-8-9-13-7-6-11-4-2-10-3-5-11;1-11-8-9-12-7-6-10-4-2-3-5-10/h8-11H2,1-7H3;4-13H2,1-3H3;10-11H,6-9H2,1-5H3;4-10H2,1-3H3;10H,2-9H2,1H3;2-9H2,1H3. The number of rotatable bonds is 47. The molecule has 0 bridgehead atoms. The maximum Gasteiger partial charge on any atom is 0.0700 e. The van der Waals surface area contributed by atoms with Gasteiger partial charge in [-0.2, -0.15) is 0 Å². The quantitative estimate of drug-likeness (QED) is 0.0581. The minimum atomic E-state index is 0.170. The molecule has 0 aromatic heterocycles. The number of methoxy groups -OCH3 is 6. The highest BCUT2D eigenvalue weighted by Gasteiger charge is 2.30. The monoisotopic (exact) mass is 1220 g/mol. The van der Waals surface area contributed by atoms with Crippen molar-refractivity contribution in [1.82, 2.24) is 34.7 Å². The van der Waals surface area contributed by atoms with Crippen molar-refractivity contribution >= 4 is 0 Å². The molecule has 0 spiro atoms. The van der Waals surface area contributed by atoms with Crippen LogP contribution in [0.2, 0.25) is 0 Å². The summed E-state index contributed by atoms with van der Waals surface area (Å²) in [6.45, 7) is 62.4. The van der Waals surface area contributed by atoms with Gasteiger partial charge in [0.25, 0.3) is 0 Å². The average molecular weight is 1220 g/mol. The Balaban J connectivity index is -0.000000458. The van der Waals surface area contributed by atoms with Crippen LogP contribution in [0.3, 0.4) is 0 Å².